The lowest BCUT2D eigenvalue weighted by atomic mass is 9.98. The number of benzene rings is 2. The Morgan fingerprint density at radius 3 is 2.35 bits per heavy atom. The SMILES string of the molecule is CC1CCN(c2c(S(=O)(=O)c3ccccc3)cnc3ccccc23)CC1. The number of anilines is 1. The van der Waals surface area contributed by atoms with Gasteiger partial charge in [-0.3, -0.25) is 4.98 Å². The highest BCUT2D eigenvalue weighted by atomic mass is 32.2. The first-order valence-electron chi connectivity index (χ1n) is 9.00. The van der Waals surface area contributed by atoms with Crippen molar-refractivity contribution in [3.05, 3.63) is 60.8 Å². The fraction of sp³-hybridized carbons (Fsp3) is 0.286. The Bertz CT molecular complexity index is 1020. The van der Waals surface area contributed by atoms with E-state index in [4.69, 9.17) is 0 Å². The van der Waals surface area contributed by atoms with Crippen LogP contribution in [-0.2, 0) is 9.84 Å². The molecule has 0 saturated carbocycles. The van der Waals surface area contributed by atoms with Gasteiger partial charge >= 0.3 is 0 Å². The molecule has 0 N–H and O–H groups in total. The fourth-order valence-electron chi connectivity index (χ4n) is 3.59. The summed E-state index contributed by atoms with van der Waals surface area (Å²) in [5.74, 6) is 0.675. The molecule has 134 valence electrons. The molecule has 0 unspecified atom stereocenters. The molecule has 1 saturated heterocycles. The number of piperidine rings is 1. The molecule has 0 spiro atoms. The predicted octanol–water partition coefficient (Wildman–Crippen LogP) is 4.30. The van der Waals surface area contributed by atoms with Crippen LogP contribution in [0.5, 0.6) is 0 Å². The minimum Gasteiger partial charge on any atom is -0.370 e. The summed E-state index contributed by atoms with van der Waals surface area (Å²) in [6.45, 7) is 3.99. The topological polar surface area (TPSA) is 50.3 Å². The Balaban J connectivity index is 1.94. The second kappa shape index (κ2) is 6.72. The van der Waals surface area contributed by atoms with E-state index in [9.17, 15) is 8.42 Å². The highest BCUT2D eigenvalue weighted by Crippen LogP contribution is 2.37. The standard InChI is InChI=1S/C21H22N2O2S/c1-16-11-13-23(14-12-16)21-18-9-5-6-10-19(18)22-15-20(21)26(24,25)17-7-3-2-4-8-17/h2-10,15-16H,11-14H2,1H3. The van der Waals surface area contributed by atoms with E-state index in [1.165, 1.54) is 6.20 Å². The number of hydrogen-bond acceptors (Lipinski definition) is 4. The van der Waals surface area contributed by atoms with E-state index in [0.29, 0.717) is 15.7 Å². The molecule has 0 bridgehead atoms. The number of nitrogens with zero attached hydrogens (tertiary/aromatic N) is 2. The zero-order valence-corrected chi connectivity index (χ0v) is 15.6. The molecule has 4 rings (SSSR count). The number of pyridine rings is 1. The molecule has 2 aromatic carbocycles. The number of rotatable bonds is 3. The summed E-state index contributed by atoms with van der Waals surface area (Å²) in [7, 11) is -3.63. The van der Waals surface area contributed by atoms with Gasteiger partial charge in [-0.25, -0.2) is 8.42 Å². The molecule has 2 heterocycles. The minimum atomic E-state index is -3.63. The van der Waals surface area contributed by atoms with Gasteiger partial charge in [0.05, 0.1) is 16.1 Å². The van der Waals surface area contributed by atoms with Crippen molar-refractivity contribution >= 4 is 26.4 Å². The van der Waals surface area contributed by atoms with Gasteiger partial charge in [-0.2, -0.15) is 0 Å². The Hall–Kier alpha value is -2.40. The van der Waals surface area contributed by atoms with Crippen molar-refractivity contribution in [1.82, 2.24) is 4.98 Å². The third kappa shape index (κ3) is 2.97. The lowest BCUT2D eigenvalue weighted by Crippen LogP contribution is -2.34. The zero-order chi connectivity index (χ0) is 18.1. The summed E-state index contributed by atoms with van der Waals surface area (Å²) in [6, 6.07) is 16.4. The van der Waals surface area contributed by atoms with Crippen LogP contribution in [0.4, 0.5) is 5.69 Å². The molecule has 1 aliphatic rings. The van der Waals surface area contributed by atoms with Crippen molar-refractivity contribution in [2.24, 2.45) is 5.92 Å². The summed E-state index contributed by atoms with van der Waals surface area (Å²) in [6.07, 6.45) is 3.67. The van der Waals surface area contributed by atoms with Gasteiger partial charge in [0.15, 0.2) is 0 Å². The zero-order valence-electron chi connectivity index (χ0n) is 14.8. The van der Waals surface area contributed by atoms with E-state index < -0.39 is 9.84 Å². The molecule has 1 aromatic heterocycles. The van der Waals surface area contributed by atoms with Gasteiger partial charge in [-0.1, -0.05) is 43.3 Å². The molecule has 0 aliphatic carbocycles. The van der Waals surface area contributed by atoms with Gasteiger partial charge in [0.25, 0.3) is 0 Å². The van der Waals surface area contributed by atoms with Crippen LogP contribution in [0.2, 0.25) is 0 Å². The summed E-state index contributed by atoms with van der Waals surface area (Å²) in [5.41, 5.74) is 1.62. The largest absolute Gasteiger partial charge is 0.370 e. The minimum absolute atomic E-state index is 0.303. The summed E-state index contributed by atoms with van der Waals surface area (Å²) < 4.78 is 26.7. The monoisotopic (exact) mass is 366 g/mol. The quantitative estimate of drug-likeness (QED) is 0.693. The first-order chi connectivity index (χ1) is 12.6. The average molecular weight is 366 g/mol. The summed E-state index contributed by atoms with van der Waals surface area (Å²) >= 11 is 0. The third-order valence-electron chi connectivity index (χ3n) is 5.16. The average Bonchev–Trinajstić information content (AvgIpc) is 2.68. The normalized spacial score (nSPS) is 16.1. The van der Waals surface area contributed by atoms with Crippen LogP contribution in [0.15, 0.2) is 70.6 Å². The van der Waals surface area contributed by atoms with Gasteiger partial charge in [0, 0.05) is 24.7 Å². The van der Waals surface area contributed by atoms with Gasteiger partial charge < -0.3 is 4.90 Å². The predicted molar refractivity (Wildman–Crippen MR) is 104 cm³/mol. The molecule has 5 heteroatoms. The van der Waals surface area contributed by atoms with Crippen molar-refractivity contribution in [2.75, 3.05) is 18.0 Å². The van der Waals surface area contributed by atoms with Crippen LogP contribution in [0.3, 0.4) is 0 Å². The van der Waals surface area contributed by atoms with E-state index in [2.05, 4.69) is 16.8 Å². The number of hydrogen-bond donors (Lipinski definition) is 0. The van der Waals surface area contributed by atoms with Crippen molar-refractivity contribution in [1.29, 1.82) is 0 Å². The Labute approximate surface area is 154 Å². The smallest absolute Gasteiger partial charge is 0.210 e. The maximum Gasteiger partial charge on any atom is 0.210 e. The summed E-state index contributed by atoms with van der Waals surface area (Å²) in [5, 5.41) is 0.902. The first-order valence-corrected chi connectivity index (χ1v) is 10.5. The highest BCUT2D eigenvalue weighted by molar-refractivity contribution is 7.91. The van der Waals surface area contributed by atoms with Crippen LogP contribution in [0.25, 0.3) is 10.9 Å². The fourth-order valence-corrected chi connectivity index (χ4v) is 5.04. The van der Waals surface area contributed by atoms with Crippen molar-refractivity contribution in [3.63, 3.8) is 0 Å². The van der Waals surface area contributed by atoms with Gasteiger partial charge in [-0.15, -0.1) is 0 Å². The van der Waals surface area contributed by atoms with E-state index in [1.807, 2.05) is 30.3 Å². The molecular formula is C21H22N2O2S. The maximum absolute atomic E-state index is 13.3. The molecule has 1 fully saturated rings. The van der Waals surface area contributed by atoms with Crippen molar-refractivity contribution in [3.8, 4) is 0 Å². The van der Waals surface area contributed by atoms with Crippen molar-refractivity contribution < 1.29 is 8.42 Å². The molecule has 1 aliphatic heterocycles. The third-order valence-corrected chi connectivity index (χ3v) is 6.93. The van der Waals surface area contributed by atoms with Crippen LogP contribution >= 0.6 is 0 Å². The molecule has 4 nitrogen and oxygen atoms in total. The maximum atomic E-state index is 13.3. The van der Waals surface area contributed by atoms with Gasteiger partial charge in [-0.05, 0) is 37.0 Å². The van der Waals surface area contributed by atoms with Crippen molar-refractivity contribution in [2.45, 2.75) is 29.6 Å². The molecule has 0 atom stereocenters. The lowest BCUT2D eigenvalue weighted by Gasteiger charge is -2.34. The first kappa shape index (κ1) is 17.0. The molecule has 0 radical (unpaired) electrons. The number of sulfone groups is 1. The molecular weight excluding hydrogens is 344 g/mol. The van der Waals surface area contributed by atoms with Gasteiger partial charge in [0.1, 0.15) is 4.90 Å². The summed E-state index contributed by atoms with van der Waals surface area (Å²) in [4.78, 5) is 7.27. The van der Waals surface area contributed by atoms with E-state index in [1.54, 1.807) is 24.3 Å². The van der Waals surface area contributed by atoms with E-state index in [0.717, 1.165) is 42.5 Å². The number of fused-ring (bicyclic) bond motifs is 1. The Kier molecular flexibility index (Phi) is 4.41. The number of para-hydroxylation sites is 1. The van der Waals surface area contributed by atoms with Crippen LogP contribution in [0.1, 0.15) is 19.8 Å². The lowest BCUT2D eigenvalue weighted by molar-refractivity contribution is 0.437. The molecule has 0 amide bonds. The second-order valence-electron chi connectivity index (χ2n) is 6.97. The van der Waals surface area contributed by atoms with Gasteiger partial charge in [0.2, 0.25) is 9.84 Å². The van der Waals surface area contributed by atoms with Crippen LogP contribution < -0.4 is 4.90 Å². The van der Waals surface area contributed by atoms with E-state index in [-0.39, 0.29) is 0 Å². The van der Waals surface area contributed by atoms with Crippen LogP contribution in [0, 0.1) is 5.92 Å². The number of aromatic nitrogens is 1. The van der Waals surface area contributed by atoms with E-state index >= 15 is 0 Å². The molecule has 26 heavy (non-hydrogen) atoms. The van der Waals surface area contributed by atoms with Crippen LogP contribution in [-0.4, -0.2) is 26.5 Å². The Morgan fingerprint density at radius 2 is 1.62 bits per heavy atom. The highest BCUT2D eigenvalue weighted by Gasteiger charge is 2.28. The second-order valence-corrected chi connectivity index (χ2v) is 8.89. The Morgan fingerprint density at radius 1 is 0.962 bits per heavy atom. The molecule has 3 aromatic rings.